The Morgan fingerprint density at radius 1 is 1.38 bits per heavy atom. The smallest absolute Gasteiger partial charge is 0.339 e. The van der Waals surface area contributed by atoms with Crippen molar-refractivity contribution in [3.05, 3.63) is 28.2 Å². The molecule has 0 radical (unpaired) electrons. The Bertz CT molecular complexity index is 598. The van der Waals surface area contributed by atoms with E-state index in [1.165, 1.54) is 6.42 Å². The van der Waals surface area contributed by atoms with Crippen molar-refractivity contribution in [2.45, 2.75) is 46.1 Å². The molecule has 0 heterocycles. The predicted octanol–water partition coefficient (Wildman–Crippen LogP) is 4.40. The highest BCUT2D eigenvalue weighted by Gasteiger charge is 2.62. The van der Waals surface area contributed by atoms with E-state index in [0.29, 0.717) is 21.6 Å². The normalized spacial score (nSPS) is 33.1. The summed E-state index contributed by atoms with van der Waals surface area (Å²) in [5, 5.41) is 0. The van der Waals surface area contributed by atoms with E-state index in [-0.39, 0.29) is 22.9 Å². The first kappa shape index (κ1) is 14.9. The van der Waals surface area contributed by atoms with E-state index in [9.17, 15) is 4.79 Å². The molecule has 3 rings (SSSR count). The Hall–Kier alpha value is -1.03. The first-order chi connectivity index (χ1) is 9.77. The van der Waals surface area contributed by atoms with Gasteiger partial charge in [-0.05, 0) is 58.7 Å². The summed E-state index contributed by atoms with van der Waals surface area (Å²) in [6.45, 7) is 6.90. The fourth-order valence-corrected chi connectivity index (χ4v) is 4.63. The molecule has 3 atom stereocenters. The average Bonchev–Trinajstić information content (AvgIpc) is 2.75. The Kier molecular flexibility index (Phi) is 3.36. The second-order valence-corrected chi connectivity index (χ2v) is 8.01. The molecule has 2 fully saturated rings. The maximum absolute atomic E-state index is 12.5. The highest BCUT2D eigenvalue weighted by molar-refractivity contribution is 9.10. The molecule has 3 nitrogen and oxygen atoms in total. The number of halogens is 1. The molecule has 0 spiro atoms. The zero-order valence-corrected chi connectivity index (χ0v) is 14.4. The van der Waals surface area contributed by atoms with Crippen LogP contribution in [0.2, 0.25) is 0 Å². The zero-order valence-electron chi connectivity index (χ0n) is 12.8. The van der Waals surface area contributed by atoms with Gasteiger partial charge >= 0.3 is 5.97 Å². The molecule has 0 amide bonds. The molecule has 2 aliphatic rings. The van der Waals surface area contributed by atoms with Crippen LogP contribution >= 0.6 is 15.9 Å². The van der Waals surface area contributed by atoms with Gasteiger partial charge in [-0.15, -0.1) is 0 Å². The number of benzene rings is 1. The van der Waals surface area contributed by atoms with E-state index < -0.39 is 0 Å². The van der Waals surface area contributed by atoms with Gasteiger partial charge in [0, 0.05) is 11.1 Å². The summed E-state index contributed by atoms with van der Waals surface area (Å²) < 4.78 is 6.51. The molecule has 2 N–H and O–H groups in total. The quantitative estimate of drug-likeness (QED) is 0.634. The first-order valence-corrected chi connectivity index (χ1v) is 8.31. The number of hydrogen-bond donors (Lipinski definition) is 1. The van der Waals surface area contributed by atoms with Crippen LogP contribution in [-0.2, 0) is 4.74 Å². The van der Waals surface area contributed by atoms with Crippen molar-refractivity contribution in [1.82, 2.24) is 0 Å². The molecule has 0 aliphatic heterocycles. The Balaban J connectivity index is 1.82. The summed E-state index contributed by atoms with van der Waals surface area (Å²) in [6.07, 6.45) is 3.38. The van der Waals surface area contributed by atoms with E-state index in [1.54, 1.807) is 18.2 Å². The molecule has 2 bridgehead atoms. The second kappa shape index (κ2) is 4.73. The van der Waals surface area contributed by atoms with Crippen molar-refractivity contribution < 1.29 is 9.53 Å². The number of anilines is 1. The van der Waals surface area contributed by atoms with E-state index >= 15 is 0 Å². The van der Waals surface area contributed by atoms with Gasteiger partial charge in [0.2, 0.25) is 0 Å². The van der Waals surface area contributed by atoms with Crippen LogP contribution in [0.1, 0.15) is 50.4 Å². The molecule has 1 aromatic carbocycles. The molecule has 21 heavy (non-hydrogen) atoms. The van der Waals surface area contributed by atoms with E-state index in [4.69, 9.17) is 10.5 Å². The van der Waals surface area contributed by atoms with Gasteiger partial charge in [0.25, 0.3) is 0 Å². The SMILES string of the molecule is CC1(C)C2CCC1(C)C(OC(=O)c1cccc(N)c1Br)C2. The molecular weight excluding hydrogens is 330 g/mol. The summed E-state index contributed by atoms with van der Waals surface area (Å²) >= 11 is 3.38. The fourth-order valence-electron chi connectivity index (χ4n) is 4.21. The minimum atomic E-state index is -0.274. The number of carbonyl (C=O) groups excluding carboxylic acids is 1. The van der Waals surface area contributed by atoms with Crippen LogP contribution in [-0.4, -0.2) is 12.1 Å². The lowest BCUT2D eigenvalue weighted by molar-refractivity contribution is -0.0243. The number of ether oxygens (including phenoxy) is 1. The van der Waals surface area contributed by atoms with Gasteiger partial charge in [-0.2, -0.15) is 0 Å². The maximum Gasteiger partial charge on any atom is 0.339 e. The van der Waals surface area contributed by atoms with Crippen LogP contribution in [0.5, 0.6) is 0 Å². The van der Waals surface area contributed by atoms with Crippen molar-refractivity contribution in [2.24, 2.45) is 16.7 Å². The topological polar surface area (TPSA) is 52.3 Å². The average molecular weight is 352 g/mol. The number of nitrogens with two attached hydrogens (primary N) is 1. The molecule has 3 unspecified atom stereocenters. The lowest BCUT2D eigenvalue weighted by Crippen LogP contribution is -2.38. The van der Waals surface area contributed by atoms with Crippen molar-refractivity contribution in [3.8, 4) is 0 Å². The molecule has 2 saturated carbocycles. The Labute approximate surface area is 134 Å². The van der Waals surface area contributed by atoms with Crippen LogP contribution in [0.15, 0.2) is 22.7 Å². The third-order valence-electron chi connectivity index (χ3n) is 6.21. The Morgan fingerprint density at radius 3 is 2.67 bits per heavy atom. The van der Waals surface area contributed by atoms with Crippen molar-refractivity contribution in [1.29, 1.82) is 0 Å². The molecule has 0 aromatic heterocycles. The molecule has 4 heteroatoms. The molecule has 1 aromatic rings. The first-order valence-electron chi connectivity index (χ1n) is 7.52. The van der Waals surface area contributed by atoms with E-state index in [1.807, 2.05) is 0 Å². The van der Waals surface area contributed by atoms with Crippen LogP contribution < -0.4 is 5.73 Å². The van der Waals surface area contributed by atoms with Crippen LogP contribution in [0, 0.1) is 16.7 Å². The third kappa shape index (κ3) is 2.02. The predicted molar refractivity (Wildman–Crippen MR) is 87.0 cm³/mol. The van der Waals surface area contributed by atoms with E-state index in [0.717, 1.165) is 12.8 Å². The molecule has 114 valence electrons. The molecule has 0 saturated heterocycles. The molecule has 2 aliphatic carbocycles. The van der Waals surface area contributed by atoms with Crippen LogP contribution in [0.4, 0.5) is 5.69 Å². The second-order valence-electron chi connectivity index (χ2n) is 7.21. The standard InChI is InChI=1S/C17H22BrNO2/c1-16(2)10-7-8-17(16,3)13(9-10)21-15(20)11-5-4-6-12(19)14(11)18/h4-6,10,13H,7-9,19H2,1-3H3. The van der Waals surface area contributed by atoms with Gasteiger partial charge in [-0.1, -0.05) is 26.8 Å². The minimum absolute atomic E-state index is 0.00656. The minimum Gasteiger partial charge on any atom is -0.458 e. The number of hydrogen-bond acceptors (Lipinski definition) is 3. The van der Waals surface area contributed by atoms with Gasteiger partial charge in [0.05, 0.1) is 10.0 Å². The summed E-state index contributed by atoms with van der Waals surface area (Å²) in [6, 6.07) is 5.30. The van der Waals surface area contributed by atoms with Crippen molar-refractivity contribution in [3.63, 3.8) is 0 Å². The highest BCUT2D eigenvalue weighted by atomic mass is 79.9. The lowest BCUT2D eigenvalue weighted by Gasteiger charge is -2.38. The largest absolute Gasteiger partial charge is 0.458 e. The van der Waals surface area contributed by atoms with Crippen molar-refractivity contribution in [2.75, 3.05) is 5.73 Å². The summed E-state index contributed by atoms with van der Waals surface area (Å²) in [5.74, 6) is 0.383. The third-order valence-corrected chi connectivity index (χ3v) is 7.10. The summed E-state index contributed by atoms with van der Waals surface area (Å²) in [5.41, 5.74) is 7.24. The van der Waals surface area contributed by atoms with Gasteiger partial charge in [-0.25, -0.2) is 4.79 Å². The summed E-state index contributed by atoms with van der Waals surface area (Å²) in [7, 11) is 0. The maximum atomic E-state index is 12.5. The zero-order chi connectivity index (χ0) is 15.4. The summed E-state index contributed by atoms with van der Waals surface area (Å²) in [4.78, 5) is 12.5. The van der Waals surface area contributed by atoms with Gasteiger partial charge in [-0.3, -0.25) is 0 Å². The lowest BCUT2D eigenvalue weighted by atomic mass is 9.70. The highest BCUT2D eigenvalue weighted by Crippen LogP contribution is 2.66. The van der Waals surface area contributed by atoms with Gasteiger partial charge in [0.1, 0.15) is 6.10 Å². The monoisotopic (exact) mass is 351 g/mol. The number of fused-ring (bicyclic) bond motifs is 2. The van der Waals surface area contributed by atoms with Gasteiger partial charge in [0.15, 0.2) is 0 Å². The molecular formula is C17H22BrNO2. The fraction of sp³-hybridized carbons (Fsp3) is 0.588. The Morgan fingerprint density at radius 2 is 2.10 bits per heavy atom. The van der Waals surface area contributed by atoms with Crippen LogP contribution in [0.25, 0.3) is 0 Å². The number of carbonyl (C=O) groups is 1. The number of esters is 1. The van der Waals surface area contributed by atoms with E-state index in [2.05, 4.69) is 36.7 Å². The number of nitrogen functional groups attached to an aromatic ring is 1. The van der Waals surface area contributed by atoms with Gasteiger partial charge < -0.3 is 10.5 Å². The van der Waals surface area contributed by atoms with Crippen LogP contribution in [0.3, 0.4) is 0 Å². The van der Waals surface area contributed by atoms with Crippen molar-refractivity contribution >= 4 is 27.6 Å². The number of rotatable bonds is 2.